The molecule has 2 aliphatic carbocycles. The molecule has 4 rings (SSSR count). The highest BCUT2D eigenvalue weighted by molar-refractivity contribution is 6.21. The topological polar surface area (TPSA) is 176 Å². The van der Waals surface area contributed by atoms with Crippen molar-refractivity contribution in [3.63, 3.8) is 0 Å². The van der Waals surface area contributed by atoms with Crippen LogP contribution in [0.4, 0.5) is 5.69 Å². The molecular weight excluding hydrogens is 470 g/mol. The lowest BCUT2D eigenvalue weighted by Gasteiger charge is -2.13. The highest BCUT2D eigenvalue weighted by Gasteiger charge is 2.34. The van der Waals surface area contributed by atoms with Crippen molar-refractivity contribution in [1.82, 2.24) is 10.4 Å². The van der Waals surface area contributed by atoms with Crippen molar-refractivity contribution in [2.45, 2.75) is 12.8 Å². The molecule has 1 aromatic rings. The van der Waals surface area contributed by atoms with E-state index in [1.807, 2.05) is 0 Å². The Balaban J connectivity index is 1.32. The fraction of sp³-hybridized carbons (Fsp3) is 0.160. The first kappa shape index (κ1) is 24.4. The molecule has 11 heteroatoms. The SMILES string of the molecule is Nc1c(C(=O)O)c2ccc(CC(=O)NOCCCN3C(=O)c4ccccc4C3=O)ccc-2c1C(=O)O. The van der Waals surface area contributed by atoms with Crippen LogP contribution in [-0.2, 0) is 16.1 Å². The first-order chi connectivity index (χ1) is 17.2. The number of nitrogens with one attached hydrogen (secondary N) is 1. The number of amides is 3. The molecule has 11 nitrogen and oxygen atoms in total. The van der Waals surface area contributed by atoms with Gasteiger partial charge in [-0.2, -0.15) is 0 Å². The van der Waals surface area contributed by atoms with Crippen molar-refractivity contribution in [3.05, 3.63) is 76.3 Å². The number of hydrogen-bond acceptors (Lipinski definition) is 7. The standard InChI is InChI=1S/C25H21N3O8/c26-21-19(24(32)33)14-8-6-13(7-9-15(14)20(21)25(34)35)12-18(29)27-36-11-3-10-28-22(30)16-4-1-2-5-17(16)23(28)31/h1-2,4-9H,3,10-12,26H2,(H,27,29)(H,32,33)(H,34,35). The van der Waals surface area contributed by atoms with Gasteiger partial charge in [-0.25, -0.2) is 15.1 Å². The van der Waals surface area contributed by atoms with E-state index in [4.69, 9.17) is 10.6 Å². The van der Waals surface area contributed by atoms with Crippen LogP contribution in [0.2, 0.25) is 0 Å². The van der Waals surface area contributed by atoms with Crippen LogP contribution in [0, 0.1) is 0 Å². The Morgan fingerprint density at radius 3 is 1.86 bits per heavy atom. The monoisotopic (exact) mass is 491 g/mol. The number of aromatic carboxylic acids is 2. The molecule has 184 valence electrons. The maximum Gasteiger partial charge on any atom is 0.338 e. The van der Waals surface area contributed by atoms with Crippen LogP contribution < -0.4 is 11.2 Å². The van der Waals surface area contributed by atoms with Crippen molar-refractivity contribution < 1.29 is 39.0 Å². The van der Waals surface area contributed by atoms with Gasteiger partial charge in [0, 0.05) is 6.54 Å². The number of nitrogen functional groups attached to an aromatic ring is 1. The summed E-state index contributed by atoms with van der Waals surface area (Å²) in [5.74, 6) is -3.95. The van der Waals surface area contributed by atoms with E-state index in [2.05, 4.69) is 5.48 Å². The Hall–Kier alpha value is -4.77. The molecule has 0 aromatic heterocycles. The molecule has 3 amide bonds. The number of nitrogens with zero attached hydrogens (tertiary/aromatic N) is 1. The van der Waals surface area contributed by atoms with Crippen molar-refractivity contribution in [2.75, 3.05) is 18.9 Å². The molecule has 0 saturated heterocycles. The molecule has 0 bridgehead atoms. The molecule has 36 heavy (non-hydrogen) atoms. The first-order valence-corrected chi connectivity index (χ1v) is 10.9. The summed E-state index contributed by atoms with van der Waals surface area (Å²) in [7, 11) is 0. The first-order valence-electron chi connectivity index (χ1n) is 10.9. The molecule has 3 aliphatic rings. The third-order valence-corrected chi connectivity index (χ3v) is 5.78. The average Bonchev–Trinajstić information content (AvgIpc) is 3.16. The number of carbonyl (C=O) groups excluding carboxylic acids is 3. The normalized spacial score (nSPS) is 12.6. The zero-order valence-electron chi connectivity index (χ0n) is 18.8. The molecule has 0 fully saturated rings. The van der Waals surface area contributed by atoms with E-state index in [1.165, 1.54) is 24.3 Å². The minimum absolute atomic E-state index is 0.0545. The Morgan fingerprint density at radius 2 is 1.36 bits per heavy atom. The predicted molar refractivity (Wildman–Crippen MR) is 126 cm³/mol. The van der Waals surface area contributed by atoms with Crippen LogP contribution in [-0.4, -0.2) is 57.9 Å². The maximum absolute atomic E-state index is 12.3. The third-order valence-electron chi connectivity index (χ3n) is 5.78. The number of carbonyl (C=O) groups is 5. The summed E-state index contributed by atoms with van der Waals surface area (Å²) in [6, 6.07) is 12.4. The number of rotatable bonds is 9. The molecule has 0 saturated carbocycles. The van der Waals surface area contributed by atoms with Crippen LogP contribution in [0.5, 0.6) is 0 Å². The van der Waals surface area contributed by atoms with Crippen LogP contribution in [0.3, 0.4) is 0 Å². The third kappa shape index (κ3) is 4.46. The fourth-order valence-corrected chi connectivity index (χ4v) is 4.14. The molecule has 1 aromatic carbocycles. The van der Waals surface area contributed by atoms with E-state index in [0.717, 1.165) is 4.90 Å². The number of benzene rings is 1. The summed E-state index contributed by atoms with van der Waals surface area (Å²) in [6.45, 7) is 0.187. The van der Waals surface area contributed by atoms with Gasteiger partial charge >= 0.3 is 11.9 Å². The van der Waals surface area contributed by atoms with E-state index in [0.29, 0.717) is 23.1 Å². The van der Waals surface area contributed by atoms with Crippen LogP contribution >= 0.6 is 0 Å². The van der Waals surface area contributed by atoms with E-state index < -0.39 is 17.8 Å². The van der Waals surface area contributed by atoms with Gasteiger partial charge in [0.15, 0.2) is 0 Å². The summed E-state index contributed by atoms with van der Waals surface area (Å²) in [5, 5.41) is 18.9. The zero-order valence-corrected chi connectivity index (χ0v) is 18.8. The largest absolute Gasteiger partial charge is 0.478 e. The molecule has 0 atom stereocenters. The van der Waals surface area contributed by atoms with Crippen molar-refractivity contribution in [1.29, 1.82) is 0 Å². The Labute approximate surface area is 204 Å². The lowest BCUT2D eigenvalue weighted by atomic mass is 10.1. The number of nitrogens with two attached hydrogens (primary N) is 1. The van der Waals surface area contributed by atoms with Gasteiger partial charge in [0.1, 0.15) is 0 Å². The second-order valence-electron chi connectivity index (χ2n) is 8.05. The minimum atomic E-state index is -1.36. The highest BCUT2D eigenvalue weighted by Crippen LogP contribution is 2.38. The maximum atomic E-state index is 12.3. The molecule has 1 heterocycles. The second-order valence-corrected chi connectivity index (χ2v) is 8.05. The zero-order chi connectivity index (χ0) is 26.0. The quantitative estimate of drug-likeness (QED) is 0.198. The van der Waals surface area contributed by atoms with Gasteiger partial charge in [0.2, 0.25) is 5.91 Å². The van der Waals surface area contributed by atoms with Crippen molar-refractivity contribution >= 4 is 35.3 Å². The predicted octanol–water partition coefficient (Wildman–Crippen LogP) is 2.05. The van der Waals surface area contributed by atoms with Gasteiger partial charge in [-0.05, 0) is 35.2 Å². The van der Waals surface area contributed by atoms with E-state index >= 15 is 0 Å². The van der Waals surface area contributed by atoms with Gasteiger partial charge in [-0.1, -0.05) is 36.4 Å². The van der Waals surface area contributed by atoms with Gasteiger partial charge in [0.25, 0.3) is 11.8 Å². The number of anilines is 1. The van der Waals surface area contributed by atoms with Gasteiger partial charge in [-0.15, -0.1) is 0 Å². The lowest BCUT2D eigenvalue weighted by molar-refractivity contribution is -0.133. The Bertz CT molecular complexity index is 1300. The van der Waals surface area contributed by atoms with Gasteiger partial charge < -0.3 is 15.9 Å². The summed E-state index contributed by atoms with van der Waals surface area (Å²) in [5.41, 5.74) is 8.57. The molecule has 5 N–H and O–H groups in total. The van der Waals surface area contributed by atoms with E-state index in [1.54, 1.807) is 24.3 Å². The summed E-state index contributed by atoms with van der Waals surface area (Å²) >= 11 is 0. The summed E-state index contributed by atoms with van der Waals surface area (Å²) < 4.78 is 0. The average molecular weight is 491 g/mol. The number of carboxylic acids is 2. The number of hydroxylamine groups is 1. The summed E-state index contributed by atoms with van der Waals surface area (Å²) in [4.78, 5) is 66.4. The number of fused-ring (bicyclic) bond motifs is 2. The van der Waals surface area contributed by atoms with Crippen molar-refractivity contribution in [3.8, 4) is 11.1 Å². The fourth-order valence-electron chi connectivity index (χ4n) is 4.14. The minimum Gasteiger partial charge on any atom is -0.478 e. The van der Waals surface area contributed by atoms with E-state index in [-0.39, 0.29) is 59.3 Å². The molecule has 0 spiro atoms. The number of hydrogen-bond donors (Lipinski definition) is 4. The van der Waals surface area contributed by atoms with Gasteiger partial charge in [-0.3, -0.25) is 24.1 Å². The number of carboxylic acid groups (broad SMARTS) is 2. The Kier molecular flexibility index (Phi) is 6.66. The Morgan fingerprint density at radius 1 is 0.833 bits per heavy atom. The highest BCUT2D eigenvalue weighted by atomic mass is 16.6. The van der Waals surface area contributed by atoms with Crippen molar-refractivity contribution in [2.24, 2.45) is 0 Å². The second kappa shape index (κ2) is 9.84. The molecule has 0 unspecified atom stereocenters. The molecule has 0 radical (unpaired) electrons. The van der Waals surface area contributed by atoms with Crippen LogP contribution in [0.1, 0.15) is 53.4 Å². The molecular formula is C25H21N3O8. The van der Waals surface area contributed by atoms with E-state index in [9.17, 15) is 34.2 Å². The smallest absolute Gasteiger partial charge is 0.338 e. The number of imide groups is 1. The van der Waals surface area contributed by atoms with Crippen LogP contribution in [0.25, 0.3) is 11.1 Å². The van der Waals surface area contributed by atoms with Gasteiger partial charge in [0.05, 0.1) is 41.0 Å². The lowest BCUT2D eigenvalue weighted by Crippen LogP contribution is -2.32. The summed E-state index contributed by atoms with van der Waals surface area (Å²) in [6.07, 6.45) is 0.175. The molecule has 1 aliphatic heterocycles. The van der Waals surface area contributed by atoms with Crippen LogP contribution in [0.15, 0.2) is 48.5 Å².